The Hall–Kier alpha value is -2.62. The van der Waals surface area contributed by atoms with Crippen molar-refractivity contribution in [2.75, 3.05) is 0 Å². The average molecular weight is 502 g/mol. The molecule has 0 aliphatic heterocycles. The number of hydrogen-bond acceptors (Lipinski definition) is 8. The van der Waals surface area contributed by atoms with Crippen LogP contribution < -0.4 is 5.73 Å². The van der Waals surface area contributed by atoms with Crippen molar-refractivity contribution in [2.45, 2.75) is 71.7 Å². The largest absolute Gasteiger partial charge is 0.507 e. The number of benzene rings is 1. The van der Waals surface area contributed by atoms with E-state index in [1.165, 1.54) is 12.1 Å². The van der Waals surface area contributed by atoms with Crippen LogP contribution in [-0.4, -0.2) is 61.5 Å². The molecule has 0 radical (unpaired) electrons. The van der Waals surface area contributed by atoms with E-state index in [2.05, 4.69) is 0 Å². The minimum atomic E-state index is -2.55. The van der Waals surface area contributed by atoms with E-state index < -0.39 is 63.9 Å². The Kier molecular flexibility index (Phi) is 6.02. The lowest BCUT2D eigenvalue weighted by atomic mass is 9.39. The van der Waals surface area contributed by atoms with Crippen molar-refractivity contribution < 1.29 is 39.6 Å². The zero-order chi connectivity index (χ0) is 27.1. The number of rotatable bonds is 4. The van der Waals surface area contributed by atoms with Crippen LogP contribution in [0.2, 0.25) is 0 Å². The molecule has 2 saturated carbocycles. The number of amides is 1. The van der Waals surface area contributed by atoms with Gasteiger partial charge >= 0.3 is 0 Å². The van der Waals surface area contributed by atoms with Gasteiger partial charge in [0.1, 0.15) is 17.8 Å². The molecule has 4 rings (SSSR count). The van der Waals surface area contributed by atoms with Crippen LogP contribution in [0.1, 0.15) is 73.7 Å². The monoisotopic (exact) mass is 501 g/mol. The van der Waals surface area contributed by atoms with Crippen molar-refractivity contribution in [1.29, 1.82) is 0 Å². The molecular formula is C27H35NO8. The van der Waals surface area contributed by atoms with Crippen molar-refractivity contribution in [1.82, 2.24) is 0 Å². The Labute approximate surface area is 209 Å². The van der Waals surface area contributed by atoms with Gasteiger partial charge in [0, 0.05) is 17.4 Å². The number of nitrogens with two attached hydrogens (primary N) is 1. The third-order valence-corrected chi connectivity index (χ3v) is 9.29. The Morgan fingerprint density at radius 2 is 1.78 bits per heavy atom. The molecule has 1 aromatic rings. The van der Waals surface area contributed by atoms with E-state index in [-0.39, 0.29) is 42.3 Å². The topological polar surface area (TPSA) is 175 Å². The number of hydrogen-bond donors (Lipinski definition) is 5. The first-order valence-electron chi connectivity index (χ1n) is 12.4. The van der Waals surface area contributed by atoms with Gasteiger partial charge in [-0.05, 0) is 47.8 Å². The molecule has 9 nitrogen and oxygen atoms in total. The Morgan fingerprint density at radius 1 is 1.17 bits per heavy atom. The summed E-state index contributed by atoms with van der Waals surface area (Å²) in [6, 6.07) is 2.74. The highest BCUT2D eigenvalue weighted by molar-refractivity contribution is 6.10. The lowest BCUT2D eigenvalue weighted by Gasteiger charge is -2.66. The summed E-state index contributed by atoms with van der Waals surface area (Å²) < 4.78 is 0. The van der Waals surface area contributed by atoms with Gasteiger partial charge < -0.3 is 26.2 Å². The number of phenols is 1. The molecule has 1 aromatic carbocycles. The molecule has 36 heavy (non-hydrogen) atoms. The van der Waals surface area contributed by atoms with E-state index in [9.17, 15) is 39.6 Å². The number of ketones is 3. The maximum atomic E-state index is 13.9. The lowest BCUT2D eigenvalue weighted by Crippen LogP contribution is -2.79. The maximum Gasteiger partial charge on any atom is 0.230 e. The predicted octanol–water partition coefficient (Wildman–Crippen LogP) is 1.17. The van der Waals surface area contributed by atoms with E-state index in [0.29, 0.717) is 11.1 Å². The van der Waals surface area contributed by atoms with Gasteiger partial charge in [0.25, 0.3) is 0 Å². The third kappa shape index (κ3) is 3.12. The van der Waals surface area contributed by atoms with Crippen LogP contribution >= 0.6 is 0 Å². The van der Waals surface area contributed by atoms with Gasteiger partial charge in [0.05, 0.1) is 17.6 Å². The molecule has 0 saturated heterocycles. The summed E-state index contributed by atoms with van der Waals surface area (Å²) in [5, 5.41) is 45.5. The molecule has 8 atom stereocenters. The fraction of sp³-hybridized carbons (Fsp3) is 0.630. The van der Waals surface area contributed by atoms with Crippen LogP contribution in [0.5, 0.6) is 5.75 Å². The predicted molar refractivity (Wildman–Crippen MR) is 128 cm³/mol. The molecule has 0 spiro atoms. The molecule has 3 aliphatic rings. The fourth-order valence-electron chi connectivity index (χ4n) is 7.98. The van der Waals surface area contributed by atoms with Gasteiger partial charge in [-0.25, -0.2) is 0 Å². The highest BCUT2D eigenvalue weighted by atomic mass is 16.4. The summed E-state index contributed by atoms with van der Waals surface area (Å²) >= 11 is 0. The molecule has 3 aliphatic carbocycles. The van der Waals surface area contributed by atoms with Crippen molar-refractivity contribution in [3.63, 3.8) is 0 Å². The van der Waals surface area contributed by atoms with E-state index in [4.69, 9.17) is 5.73 Å². The van der Waals surface area contributed by atoms with Crippen LogP contribution in [0.25, 0.3) is 0 Å². The number of Topliss-reactive ketones (excluding diaryl/α,β-unsaturated/α-hetero) is 3. The lowest BCUT2D eigenvalue weighted by molar-refractivity contribution is -0.265. The molecule has 2 fully saturated rings. The van der Waals surface area contributed by atoms with Crippen molar-refractivity contribution in [2.24, 2.45) is 40.2 Å². The summed E-state index contributed by atoms with van der Waals surface area (Å²) in [5.74, 6) is -7.64. The van der Waals surface area contributed by atoms with Crippen molar-refractivity contribution >= 4 is 23.3 Å². The van der Waals surface area contributed by atoms with Crippen LogP contribution in [0.15, 0.2) is 12.1 Å². The number of fused-ring (bicyclic) bond motifs is 3. The number of aliphatic hydroxyl groups is 3. The second-order valence-electron chi connectivity index (χ2n) is 11.7. The second kappa shape index (κ2) is 8.19. The Bertz CT molecular complexity index is 1180. The number of phenolic OH excluding ortho intramolecular Hbond substituents is 1. The summed E-state index contributed by atoms with van der Waals surface area (Å²) in [7, 11) is 0. The number of aromatic hydroxyl groups is 1. The maximum absolute atomic E-state index is 13.9. The Morgan fingerprint density at radius 3 is 2.31 bits per heavy atom. The Balaban J connectivity index is 1.98. The minimum Gasteiger partial charge on any atom is -0.507 e. The SMILES string of the molecule is CCC(=O)c1ccc(O)c2c1C[C@]1(C)C[C@]3(C)[C@@H](C(C)C)C(O)[C@@H](C(N)=O)C(=O)[C@]3(O)C(O)[C@H]1C2=O. The second-order valence-corrected chi connectivity index (χ2v) is 11.7. The molecule has 6 N–H and O–H groups in total. The van der Waals surface area contributed by atoms with E-state index in [0.717, 1.165) is 0 Å². The van der Waals surface area contributed by atoms with Crippen LogP contribution in [0.4, 0.5) is 0 Å². The normalized spacial score (nSPS) is 39.9. The first-order chi connectivity index (χ1) is 16.6. The first-order valence-corrected chi connectivity index (χ1v) is 12.4. The quantitative estimate of drug-likeness (QED) is 0.302. The van der Waals surface area contributed by atoms with Crippen molar-refractivity contribution in [3.05, 3.63) is 28.8 Å². The third-order valence-electron chi connectivity index (χ3n) is 9.29. The van der Waals surface area contributed by atoms with Crippen LogP contribution in [0, 0.1) is 34.5 Å². The first kappa shape index (κ1) is 26.4. The van der Waals surface area contributed by atoms with Gasteiger partial charge in [-0.2, -0.15) is 0 Å². The van der Waals surface area contributed by atoms with E-state index in [1.54, 1.807) is 34.6 Å². The van der Waals surface area contributed by atoms with Crippen molar-refractivity contribution in [3.8, 4) is 5.75 Å². The van der Waals surface area contributed by atoms with Crippen LogP contribution in [-0.2, 0) is 16.0 Å². The van der Waals surface area contributed by atoms with E-state index in [1.807, 2.05) is 0 Å². The number of carbonyl (C=O) groups excluding carboxylic acids is 4. The molecular weight excluding hydrogens is 466 g/mol. The van der Waals surface area contributed by atoms with E-state index >= 15 is 0 Å². The average Bonchev–Trinajstić information content (AvgIpc) is 2.75. The number of aliphatic hydroxyl groups excluding tert-OH is 2. The number of primary amides is 1. The smallest absolute Gasteiger partial charge is 0.230 e. The highest BCUT2D eigenvalue weighted by Gasteiger charge is 2.75. The molecule has 1 amide bonds. The van der Waals surface area contributed by atoms with Gasteiger partial charge in [-0.15, -0.1) is 0 Å². The van der Waals surface area contributed by atoms with Crippen LogP contribution in [0.3, 0.4) is 0 Å². The molecule has 9 heteroatoms. The summed E-state index contributed by atoms with van der Waals surface area (Å²) in [6.45, 7) is 8.61. The van der Waals surface area contributed by atoms with Gasteiger partial charge in [-0.3, -0.25) is 19.2 Å². The number of carbonyl (C=O) groups is 4. The molecule has 0 bridgehead atoms. The fourth-order valence-corrected chi connectivity index (χ4v) is 7.98. The minimum absolute atomic E-state index is 0.0376. The summed E-state index contributed by atoms with van der Waals surface area (Å²) in [6.07, 6.45) is -3.06. The van der Waals surface area contributed by atoms with Gasteiger partial charge in [0.15, 0.2) is 23.0 Å². The van der Waals surface area contributed by atoms with Gasteiger partial charge in [0.2, 0.25) is 5.91 Å². The molecule has 2 unspecified atom stereocenters. The standard InChI is InChI=1S/C27H35NO8/c1-6-14(29)12-7-8-15(30)16-13(12)9-25(4)10-26(5)18(11(2)3)21(32)17(24(28)35)22(33)27(26,36)23(34)19(25)20(16)31/h7-8,11,17-19,21,23,30,32,34,36H,6,9-10H2,1-5H3,(H2,28,35)/t17-,18+,19-,21?,23?,25-,26-,27+/m1/s1. The van der Waals surface area contributed by atoms with Gasteiger partial charge in [-0.1, -0.05) is 34.6 Å². The summed E-state index contributed by atoms with van der Waals surface area (Å²) in [5.41, 5.74) is 1.04. The zero-order valence-electron chi connectivity index (χ0n) is 21.2. The molecule has 0 heterocycles. The summed E-state index contributed by atoms with van der Waals surface area (Å²) in [4.78, 5) is 52.4. The zero-order valence-corrected chi connectivity index (χ0v) is 21.2. The highest BCUT2D eigenvalue weighted by Crippen LogP contribution is 2.65. The molecule has 0 aromatic heterocycles. The molecule has 196 valence electrons.